The van der Waals surface area contributed by atoms with Crippen LogP contribution in [0.4, 0.5) is 5.82 Å². The summed E-state index contributed by atoms with van der Waals surface area (Å²) in [5, 5.41) is 6.20. The molecule has 1 aliphatic rings. The molecule has 3 heterocycles. The number of amides is 1. The van der Waals surface area contributed by atoms with Gasteiger partial charge in [-0.05, 0) is 27.2 Å². The van der Waals surface area contributed by atoms with E-state index in [2.05, 4.69) is 42.4 Å². The van der Waals surface area contributed by atoms with Gasteiger partial charge in [-0.15, -0.1) is 0 Å². The van der Waals surface area contributed by atoms with Crippen molar-refractivity contribution in [3.8, 4) is 0 Å². The highest BCUT2D eigenvalue weighted by Gasteiger charge is 2.27. The Morgan fingerprint density at radius 3 is 2.88 bits per heavy atom. The number of aryl methyl sites for hydroxylation is 1. The van der Waals surface area contributed by atoms with E-state index in [1.807, 2.05) is 20.0 Å². The number of aromatic nitrogens is 4. The molecule has 8 heteroatoms. The molecule has 2 aromatic heterocycles. The zero-order valence-electron chi connectivity index (χ0n) is 15.1. The summed E-state index contributed by atoms with van der Waals surface area (Å²) in [6, 6.07) is 0.507. The lowest BCUT2D eigenvalue weighted by Crippen LogP contribution is -2.35. The predicted molar refractivity (Wildman–Crippen MR) is 95.7 cm³/mol. The number of carbonyl (C=O) groups excluding carboxylic acids is 1. The lowest BCUT2D eigenvalue weighted by Gasteiger charge is -2.22. The number of H-pyrrole nitrogens is 1. The summed E-state index contributed by atoms with van der Waals surface area (Å²) in [4.78, 5) is 30.4. The summed E-state index contributed by atoms with van der Waals surface area (Å²) < 4.78 is 0. The van der Waals surface area contributed by atoms with Crippen LogP contribution in [0, 0.1) is 13.8 Å². The van der Waals surface area contributed by atoms with Crippen molar-refractivity contribution in [1.29, 1.82) is 0 Å². The molecular formula is C17H25N7O. The van der Waals surface area contributed by atoms with Gasteiger partial charge in [0, 0.05) is 49.8 Å². The minimum atomic E-state index is -0.260. The lowest BCUT2D eigenvalue weighted by molar-refractivity contribution is 0.0952. The fraction of sp³-hybridized carbons (Fsp3) is 0.529. The number of anilines is 1. The van der Waals surface area contributed by atoms with Gasteiger partial charge >= 0.3 is 0 Å². The average molecular weight is 343 g/mol. The number of hydrogen-bond donors (Lipinski definition) is 3. The van der Waals surface area contributed by atoms with Crippen molar-refractivity contribution in [1.82, 2.24) is 30.6 Å². The third-order valence-corrected chi connectivity index (χ3v) is 4.70. The second-order valence-electron chi connectivity index (χ2n) is 6.45. The Kier molecular flexibility index (Phi) is 4.98. The van der Waals surface area contributed by atoms with Crippen LogP contribution >= 0.6 is 0 Å². The first kappa shape index (κ1) is 17.3. The van der Waals surface area contributed by atoms with Gasteiger partial charge < -0.3 is 20.5 Å². The zero-order valence-corrected chi connectivity index (χ0v) is 15.1. The SMILES string of the molecule is CNC(=O)c1nc(C)c(C)c(N2CC[C@@H](NC(C)c3ncc[nH]3)C2)n1. The van der Waals surface area contributed by atoms with Crippen molar-refractivity contribution in [2.24, 2.45) is 0 Å². The second-order valence-corrected chi connectivity index (χ2v) is 6.45. The van der Waals surface area contributed by atoms with Crippen LogP contribution in [0.5, 0.6) is 0 Å². The third kappa shape index (κ3) is 3.63. The molecule has 1 amide bonds. The van der Waals surface area contributed by atoms with Crippen LogP contribution < -0.4 is 15.5 Å². The van der Waals surface area contributed by atoms with Gasteiger partial charge in [-0.25, -0.2) is 15.0 Å². The van der Waals surface area contributed by atoms with Crippen molar-refractivity contribution in [3.63, 3.8) is 0 Å². The van der Waals surface area contributed by atoms with Gasteiger partial charge in [0.25, 0.3) is 5.91 Å². The number of nitrogens with one attached hydrogen (secondary N) is 3. The summed E-state index contributed by atoms with van der Waals surface area (Å²) in [5.74, 6) is 1.75. The molecule has 0 aliphatic carbocycles. The maximum absolute atomic E-state index is 11.9. The summed E-state index contributed by atoms with van der Waals surface area (Å²) in [6.07, 6.45) is 4.62. The highest BCUT2D eigenvalue weighted by molar-refractivity contribution is 5.90. The Balaban J connectivity index is 1.73. The van der Waals surface area contributed by atoms with Crippen LogP contribution in [0.3, 0.4) is 0 Å². The average Bonchev–Trinajstić information content (AvgIpc) is 3.28. The normalized spacial score (nSPS) is 18.4. The van der Waals surface area contributed by atoms with E-state index >= 15 is 0 Å². The number of hydrogen-bond acceptors (Lipinski definition) is 6. The van der Waals surface area contributed by atoms with Gasteiger partial charge in [-0.2, -0.15) is 0 Å². The smallest absolute Gasteiger partial charge is 0.288 e. The van der Waals surface area contributed by atoms with Crippen LogP contribution in [0.1, 0.15) is 47.1 Å². The fourth-order valence-electron chi connectivity index (χ4n) is 3.17. The van der Waals surface area contributed by atoms with Gasteiger partial charge in [-0.3, -0.25) is 4.79 Å². The maximum atomic E-state index is 11.9. The number of imidazole rings is 1. The molecule has 8 nitrogen and oxygen atoms in total. The van der Waals surface area contributed by atoms with E-state index in [1.54, 1.807) is 13.2 Å². The van der Waals surface area contributed by atoms with Crippen molar-refractivity contribution < 1.29 is 4.79 Å². The molecule has 3 rings (SSSR count). The molecule has 0 bridgehead atoms. The monoisotopic (exact) mass is 343 g/mol. The van der Waals surface area contributed by atoms with Crippen LogP contribution in [-0.2, 0) is 0 Å². The molecular weight excluding hydrogens is 318 g/mol. The first-order valence-electron chi connectivity index (χ1n) is 8.57. The molecule has 2 aromatic rings. The highest BCUT2D eigenvalue weighted by Crippen LogP contribution is 2.24. The van der Waals surface area contributed by atoms with E-state index in [1.165, 1.54) is 0 Å². The van der Waals surface area contributed by atoms with Gasteiger partial charge in [-0.1, -0.05) is 0 Å². The molecule has 0 aromatic carbocycles. The Bertz CT molecular complexity index is 744. The third-order valence-electron chi connectivity index (χ3n) is 4.70. The molecule has 0 radical (unpaired) electrons. The minimum Gasteiger partial charge on any atom is -0.355 e. The first-order valence-corrected chi connectivity index (χ1v) is 8.57. The van der Waals surface area contributed by atoms with Crippen molar-refractivity contribution in [3.05, 3.63) is 35.3 Å². The van der Waals surface area contributed by atoms with E-state index in [0.717, 1.165) is 42.4 Å². The van der Waals surface area contributed by atoms with Crippen molar-refractivity contribution in [2.45, 2.75) is 39.3 Å². The Morgan fingerprint density at radius 2 is 2.20 bits per heavy atom. The second kappa shape index (κ2) is 7.18. The molecule has 134 valence electrons. The summed E-state index contributed by atoms with van der Waals surface area (Å²) in [5.41, 5.74) is 1.86. The Morgan fingerprint density at radius 1 is 1.40 bits per heavy atom. The van der Waals surface area contributed by atoms with Gasteiger partial charge in [0.05, 0.1) is 6.04 Å². The van der Waals surface area contributed by atoms with Gasteiger partial charge in [0.1, 0.15) is 11.6 Å². The quantitative estimate of drug-likeness (QED) is 0.752. The van der Waals surface area contributed by atoms with Crippen molar-refractivity contribution >= 4 is 11.7 Å². The molecule has 3 N–H and O–H groups in total. The molecule has 1 fully saturated rings. The highest BCUT2D eigenvalue weighted by atomic mass is 16.2. The predicted octanol–water partition coefficient (Wildman–Crippen LogP) is 1.11. The van der Waals surface area contributed by atoms with E-state index in [-0.39, 0.29) is 17.8 Å². The molecule has 2 atom stereocenters. The molecule has 25 heavy (non-hydrogen) atoms. The van der Waals surface area contributed by atoms with Crippen LogP contribution in [0.15, 0.2) is 12.4 Å². The number of carbonyl (C=O) groups is 1. The largest absolute Gasteiger partial charge is 0.355 e. The van der Waals surface area contributed by atoms with Gasteiger partial charge in [0.15, 0.2) is 0 Å². The first-order chi connectivity index (χ1) is 12.0. The standard InChI is InChI=1S/C17H25N7O/c1-10-11(2)22-15(17(25)18-4)23-16(10)24-8-5-13(9-24)21-12(3)14-19-6-7-20-14/h6-7,12-13,21H,5,8-9H2,1-4H3,(H,18,25)(H,19,20)/t12?,13-/m1/s1. The molecule has 0 spiro atoms. The number of aromatic amines is 1. The Labute approximate surface area is 147 Å². The lowest BCUT2D eigenvalue weighted by atomic mass is 10.2. The fourth-order valence-corrected chi connectivity index (χ4v) is 3.17. The molecule has 1 aliphatic heterocycles. The van der Waals surface area contributed by atoms with E-state index in [4.69, 9.17) is 0 Å². The van der Waals surface area contributed by atoms with E-state index < -0.39 is 0 Å². The van der Waals surface area contributed by atoms with E-state index in [0.29, 0.717) is 6.04 Å². The summed E-state index contributed by atoms with van der Waals surface area (Å²) in [6.45, 7) is 7.76. The van der Waals surface area contributed by atoms with E-state index in [9.17, 15) is 4.79 Å². The van der Waals surface area contributed by atoms with Crippen LogP contribution in [0.25, 0.3) is 0 Å². The minimum absolute atomic E-state index is 0.162. The topological polar surface area (TPSA) is 98.8 Å². The molecule has 0 saturated carbocycles. The van der Waals surface area contributed by atoms with Crippen LogP contribution in [-0.4, -0.2) is 52.0 Å². The zero-order chi connectivity index (χ0) is 18.0. The summed E-state index contributed by atoms with van der Waals surface area (Å²) in [7, 11) is 1.59. The van der Waals surface area contributed by atoms with Crippen molar-refractivity contribution in [2.75, 3.05) is 25.0 Å². The van der Waals surface area contributed by atoms with Gasteiger partial charge in [0.2, 0.25) is 5.82 Å². The molecule has 1 unspecified atom stereocenters. The Hall–Kier alpha value is -2.48. The molecule has 1 saturated heterocycles. The van der Waals surface area contributed by atoms with Crippen LogP contribution in [0.2, 0.25) is 0 Å². The maximum Gasteiger partial charge on any atom is 0.288 e. The summed E-state index contributed by atoms with van der Waals surface area (Å²) >= 11 is 0. The number of rotatable bonds is 5. The number of nitrogens with zero attached hydrogens (tertiary/aromatic N) is 4.